The fourth-order valence-electron chi connectivity index (χ4n) is 0.997. The molecule has 0 radical (unpaired) electrons. The molecule has 0 aliphatic rings. The van der Waals surface area contributed by atoms with Gasteiger partial charge >= 0.3 is 0 Å². The first kappa shape index (κ1) is 10.1. The van der Waals surface area contributed by atoms with E-state index in [9.17, 15) is 4.79 Å². The van der Waals surface area contributed by atoms with E-state index in [4.69, 9.17) is 16.3 Å². The Morgan fingerprint density at radius 1 is 1.46 bits per heavy atom. The van der Waals surface area contributed by atoms with E-state index in [2.05, 4.69) is 0 Å². The highest BCUT2D eigenvalue weighted by atomic mass is 35.5. The second-order valence-corrected chi connectivity index (χ2v) is 3.33. The monoisotopic (exact) mass is 198 g/mol. The van der Waals surface area contributed by atoms with Gasteiger partial charge in [0.1, 0.15) is 5.75 Å². The molecule has 1 aromatic rings. The van der Waals surface area contributed by atoms with Crippen molar-refractivity contribution in [1.29, 1.82) is 0 Å². The molecular formula is C10H11ClO2. The first-order valence-corrected chi connectivity index (χ1v) is 4.36. The van der Waals surface area contributed by atoms with Crippen molar-refractivity contribution in [2.75, 3.05) is 6.61 Å². The summed E-state index contributed by atoms with van der Waals surface area (Å²) in [6.07, 6.45) is 0. The summed E-state index contributed by atoms with van der Waals surface area (Å²) in [4.78, 5) is 10.5. The average Bonchev–Trinajstić information content (AvgIpc) is 2.06. The van der Waals surface area contributed by atoms with E-state index in [1.807, 2.05) is 32.0 Å². The van der Waals surface area contributed by atoms with E-state index in [0.29, 0.717) is 5.75 Å². The molecule has 70 valence electrons. The minimum atomic E-state index is -0.485. The molecule has 0 spiro atoms. The molecule has 0 aliphatic carbocycles. The lowest BCUT2D eigenvalue weighted by atomic mass is 10.1. The maximum Gasteiger partial charge on any atom is 0.259 e. The number of carbonyl (C=O) groups excluding carboxylic acids is 1. The van der Waals surface area contributed by atoms with Crippen molar-refractivity contribution in [3.63, 3.8) is 0 Å². The van der Waals surface area contributed by atoms with Gasteiger partial charge < -0.3 is 4.74 Å². The zero-order chi connectivity index (χ0) is 9.84. The molecule has 2 nitrogen and oxygen atoms in total. The predicted octanol–water partition coefficient (Wildman–Crippen LogP) is 2.45. The zero-order valence-electron chi connectivity index (χ0n) is 7.63. The number of aryl methyl sites for hydroxylation is 2. The smallest absolute Gasteiger partial charge is 0.259 e. The predicted molar refractivity (Wildman–Crippen MR) is 52.3 cm³/mol. The quantitative estimate of drug-likeness (QED) is 0.698. The molecule has 0 aliphatic heterocycles. The average molecular weight is 199 g/mol. The molecule has 0 aromatic heterocycles. The Bertz CT molecular complexity index is 321. The molecule has 3 heteroatoms. The third kappa shape index (κ3) is 3.07. The van der Waals surface area contributed by atoms with Crippen molar-refractivity contribution in [1.82, 2.24) is 0 Å². The van der Waals surface area contributed by atoms with E-state index in [-0.39, 0.29) is 6.61 Å². The summed E-state index contributed by atoms with van der Waals surface area (Å²) in [6.45, 7) is 3.81. The molecule has 0 fully saturated rings. The number of hydrogen-bond acceptors (Lipinski definition) is 2. The molecule has 1 aromatic carbocycles. The highest BCUT2D eigenvalue weighted by molar-refractivity contribution is 6.63. The molecular weight excluding hydrogens is 188 g/mol. The van der Waals surface area contributed by atoms with Crippen molar-refractivity contribution in [3.05, 3.63) is 29.3 Å². The van der Waals surface area contributed by atoms with Gasteiger partial charge in [-0.2, -0.15) is 0 Å². The summed E-state index contributed by atoms with van der Waals surface area (Å²) >= 11 is 5.16. The van der Waals surface area contributed by atoms with Gasteiger partial charge in [-0.15, -0.1) is 0 Å². The lowest BCUT2D eigenvalue weighted by Crippen LogP contribution is -2.05. The summed E-state index contributed by atoms with van der Waals surface area (Å²) < 4.78 is 5.20. The maximum absolute atomic E-state index is 10.5. The first-order chi connectivity index (χ1) is 6.09. The van der Waals surface area contributed by atoms with Crippen molar-refractivity contribution in [2.24, 2.45) is 0 Å². The standard InChI is InChI=1S/C10H11ClO2/c1-7-3-4-8(2)9(5-7)13-6-10(11)12/h3-5H,6H2,1-2H3. The SMILES string of the molecule is Cc1ccc(C)c(OCC(=O)Cl)c1. The fourth-order valence-corrected chi connectivity index (χ4v) is 1.05. The Labute approximate surface area is 82.5 Å². The number of halogens is 1. The van der Waals surface area contributed by atoms with Crippen LogP contribution in [0.4, 0.5) is 0 Å². The Morgan fingerprint density at radius 2 is 2.15 bits per heavy atom. The zero-order valence-corrected chi connectivity index (χ0v) is 8.39. The van der Waals surface area contributed by atoms with Crippen LogP contribution in [0.5, 0.6) is 5.75 Å². The topological polar surface area (TPSA) is 26.3 Å². The summed E-state index contributed by atoms with van der Waals surface area (Å²) in [5.41, 5.74) is 2.10. The van der Waals surface area contributed by atoms with Crippen LogP contribution in [0.15, 0.2) is 18.2 Å². The normalized spacial score (nSPS) is 9.77. The van der Waals surface area contributed by atoms with Gasteiger partial charge in [-0.1, -0.05) is 12.1 Å². The van der Waals surface area contributed by atoms with Crippen molar-refractivity contribution in [2.45, 2.75) is 13.8 Å². The molecule has 0 atom stereocenters. The molecule has 0 saturated heterocycles. The third-order valence-electron chi connectivity index (χ3n) is 1.68. The number of ether oxygens (including phenoxy) is 1. The number of rotatable bonds is 3. The molecule has 0 amide bonds. The van der Waals surface area contributed by atoms with E-state index in [1.54, 1.807) is 0 Å². The van der Waals surface area contributed by atoms with Gasteiger partial charge in [0.25, 0.3) is 5.24 Å². The van der Waals surface area contributed by atoms with Crippen LogP contribution in [0.25, 0.3) is 0 Å². The third-order valence-corrected chi connectivity index (χ3v) is 1.79. The Hall–Kier alpha value is -1.02. The highest BCUT2D eigenvalue weighted by Gasteiger charge is 2.01. The largest absolute Gasteiger partial charge is 0.484 e. The summed E-state index contributed by atoms with van der Waals surface area (Å²) in [5, 5.41) is -0.485. The van der Waals surface area contributed by atoms with Gasteiger partial charge in [0.05, 0.1) is 0 Å². The lowest BCUT2D eigenvalue weighted by molar-refractivity contribution is -0.113. The first-order valence-electron chi connectivity index (χ1n) is 3.98. The Balaban J connectivity index is 2.75. The second kappa shape index (κ2) is 4.28. The summed E-state index contributed by atoms with van der Waals surface area (Å²) in [6, 6.07) is 5.82. The van der Waals surface area contributed by atoms with Crippen molar-refractivity contribution in [3.8, 4) is 5.75 Å². The summed E-state index contributed by atoms with van der Waals surface area (Å²) in [7, 11) is 0. The van der Waals surface area contributed by atoms with Crippen LogP contribution in [0.2, 0.25) is 0 Å². The Morgan fingerprint density at radius 3 is 2.77 bits per heavy atom. The molecule has 0 saturated carbocycles. The van der Waals surface area contributed by atoms with E-state index >= 15 is 0 Å². The second-order valence-electron chi connectivity index (χ2n) is 2.91. The van der Waals surface area contributed by atoms with Crippen LogP contribution >= 0.6 is 11.6 Å². The molecule has 0 N–H and O–H groups in total. The van der Waals surface area contributed by atoms with Gasteiger partial charge in [0.15, 0.2) is 6.61 Å². The van der Waals surface area contributed by atoms with Gasteiger partial charge in [-0.05, 0) is 42.6 Å². The molecule has 13 heavy (non-hydrogen) atoms. The summed E-state index contributed by atoms with van der Waals surface area (Å²) in [5.74, 6) is 0.717. The van der Waals surface area contributed by atoms with Crippen LogP contribution in [0.1, 0.15) is 11.1 Å². The number of carbonyl (C=O) groups is 1. The fraction of sp³-hybridized carbons (Fsp3) is 0.300. The minimum Gasteiger partial charge on any atom is -0.484 e. The maximum atomic E-state index is 10.5. The Kier molecular flexibility index (Phi) is 3.32. The molecule has 1 rings (SSSR count). The van der Waals surface area contributed by atoms with Gasteiger partial charge in [-0.25, -0.2) is 0 Å². The van der Waals surface area contributed by atoms with Crippen LogP contribution in [0.3, 0.4) is 0 Å². The van der Waals surface area contributed by atoms with Crippen LogP contribution in [0, 0.1) is 13.8 Å². The minimum absolute atomic E-state index is 0.0775. The molecule has 0 heterocycles. The highest BCUT2D eigenvalue weighted by Crippen LogP contribution is 2.18. The van der Waals surface area contributed by atoms with Crippen molar-refractivity contribution < 1.29 is 9.53 Å². The van der Waals surface area contributed by atoms with Crippen LogP contribution in [-0.2, 0) is 4.79 Å². The van der Waals surface area contributed by atoms with E-state index in [0.717, 1.165) is 11.1 Å². The lowest BCUT2D eigenvalue weighted by Gasteiger charge is -2.07. The van der Waals surface area contributed by atoms with E-state index < -0.39 is 5.24 Å². The van der Waals surface area contributed by atoms with Gasteiger partial charge in [0.2, 0.25) is 0 Å². The van der Waals surface area contributed by atoms with Gasteiger partial charge in [0, 0.05) is 0 Å². The van der Waals surface area contributed by atoms with Gasteiger partial charge in [-0.3, -0.25) is 4.79 Å². The number of hydrogen-bond donors (Lipinski definition) is 0. The molecule has 0 bridgehead atoms. The van der Waals surface area contributed by atoms with Crippen LogP contribution < -0.4 is 4.74 Å². The number of benzene rings is 1. The molecule has 0 unspecified atom stereocenters. The van der Waals surface area contributed by atoms with E-state index in [1.165, 1.54) is 0 Å². The van der Waals surface area contributed by atoms with Crippen molar-refractivity contribution >= 4 is 16.8 Å². The van der Waals surface area contributed by atoms with Crippen LogP contribution in [-0.4, -0.2) is 11.8 Å².